The molecule has 0 saturated heterocycles. The first-order chi connectivity index (χ1) is 2.91. The van der Waals surface area contributed by atoms with Crippen molar-refractivity contribution in [3.8, 4) is 0 Å². The van der Waals surface area contributed by atoms with Gasteiger partial charge >= 0.3 is 0 Å². The van der Waals surface area contributed by atoms with Crippen LogP contribution in [0.4, 0.5) is 4.39 Å². The first kappa shape index (κ1) is 9.83. The van der Waals surface area contributed by atoms with Gasteiger partial charge in [-0.2, -0.15) is 0 Å². The van der Waals surface area contributed by atoms with Crippen LogP contribution < -0.4 is 0 Å². The molecule has 0 aromatic carbocycles. The van der Waals surface area contributed by atoms with E-state index in [4.69, 9.17) is 0 Å². The highest BCUT2D eigenvalue weighted by Crippen LogP contribution is 1.81. The van der Waals surface area contributed by atoms with Crippen LogP contribution in [-0.2, 0) is 0 Å². The van der Waals surface area contributed by atoms with E-state index < -0.39 is 0 Å². The average Bonchev–Trinajstić information content (AvgIpc) is 1.72. The molecule has 0 N–H and O–H groups in total. The molecule has 0 aliphatic heterocycles. The number of rotatable bonds is 1. The third-order valence-electron chi connectivity index (χ3n) is 0.189. The third kappa shape index (κ3) is 22.7. The van der Waals surface area contributed by atoms with E-state index in [1.807, 2.05) is 0 Å². The van der Waals surface area contributed by atoms with Crippen molar-refractivity contribution in [2.75, 3.05) is 11.6 Å². The van der Waals surface area contributed by atoms with Crippen LogP contribution >= 0.6 is 22.6 Å². The van der Waals surface area contributed by atoms with E-state index in [-0.39, 0.29) is 0 Å². The van der Waals surface area contributed by atoms with Crippen LogP contribution in [0.15, 0.2) is 0 Å². The van der Waals surface area contributed by atoms with Gasteiger partial charge in [0.1, 0.15) is 0 Å². The predicted octanol–water partition coefficient (Wildman–Crippen LogP) is 2.42. The van der Waals surface area contributed by atoms with Crippen LogP contribution in [0.25, 0.3) is 0 Å². The molecule has 0 nitrogen and oxygen atoms in total. The Bertz CT molecular complexity index is 9.51. The summed E-state index contributed by atoms with van der Waals surface area (Å²) in [6.07, 6.45) is 1.31. The molecule has 0 bridgehead atoms. The van der Waals surface area contributed by atoms with E-state index in [9.17, 15) is 4.39 Å². The Morgan fingerprint density at radius 2 is 1.67 bits per heavy atom. The first-order valence-electron chi connectivity index (χ1n) is 1.85. The van der Waals surface area contributed by atoms with Gasteiger partial charge in [-0.05, 0) is 10.8 Å². The molecule has 6 heavy (non-hydrogen) atoms. The van der Waals surface area contributed by atoms with Crippen molar-refractivity contribution in [2.45, 2.75) is 13.3 Å². The Morgan fingerprint density at radius 1 is 1.50 bits per heavy atom. The van der Waals surface area contributed by atoms with Gasteiger partial charge in [-0.15, -0.1) is 0 Å². The summed E-state index contributed by atoms with van der Waals surface area (Å²) in [5.41, 5.74) is 0. The largest absolute Gasteiger partial charge is 0.255 e. The third-order valence-corrected chi connectivity index (χ3v) is 1.27. The number of alkyl halides is 2. The molecule has 0 spiro atoms. The number of hydrogen-bond donors (Lipinski definition) is 0. The summed E-state index contributed by atoms with van der Waals surface area (Å²) in [5.74, 6) is 0. The lowest BCUT2D eigenvalue weighted by Gasteiger charge is -1.66. The monoisotopic (exact) mass is 204 g/mol. The maximum atomic E-state index is 9.50. The van der Waals surface area contributed by atoms with Crippen molar-refractivity contribution >= 4 is 22.6 Å². The summed E-state index contributed by atoms with van der Waals surface area (Å²) < 4.78 is 10.8. The fourth-order valence-corrected chi connectivity index (χ4v) is 0. The highest BCUT2D eigenvalue weighted by Gasteiger charge is 1.58. The Kier molecular flexibility index (Phi) is 28.4. The second-order valence-corrected chi connectivity index (χ2v) is 1.77. The molecule has 0 heterocycles. The summed E-state index contributed by atoms with van der Waals surface area (Å²) >= 11 is 2.35. The SMILES string of the molecule is CCCI.CF. The van der Waals surface area contributed by atoms with E-state index in [0.717, 1.165) is 0 Å². The zero-order valence-electron chi connectivity index (χ0n) is 4.17. The van der Waals surface area contributed by atoms with Gasteiger partial charge in [0.25, 0.3) is 0 Å². The number of hydrogen-bond acceptors (Lipinski definition) is 0. The van der Waals surface area contributed by atoms with Crippen molar-refractivity contribution in [1.29, 1.82) is 0 Å². The van der Waals surface area contributed by atoms with E-state index in [1.54, 1.807) is 0 Å². The lowest BCUT2D eigenvalue weighted by Crippen LogP contribution is -1.54. The van der Waals surface area contributed by atoms with E-state index >= 15 is 0 Å². The summed E-state index contributed by atoms with van der Waals surface area (Å²) in [6.45, 7) is 2.17. The van der Waals surface area contributed by atoms with Gasteiger partial charge in [0.2, 0.25) is 0 Å². The second kappa shape index (κ2) is 17.4. The molecule has 0 aliphatic rings. The molecule has 0 unspecified atom stereocenters. The molecule has 0 aromatic heterocycles. The van der Waals surface area contributed by atoms with E-state index in [2.05, 4.69) is 29.5 Å². The molecule has 40 valence electrons. The van der Waals surface area contributed by atoms with Gasteiger partial charge in [-0.3, -0.25) is 4.39 Å². The zero-order chi connectivity index (χ0) is 5.41. The van der Waals surface area contributed by atoms with Gasteiger partial charge in [-0.1, -0.05) is 29.5 Å². The van der Waals surface area contributed by atoms with Crippen molar-refractivity contribution in [1.82, 2.24) is 0 Å². The molecule has 0 atom stereocenters. The van der Waals surface area contributed by atoms with Crippen LogP contribution in [0, 0.1) is 0 Å². The Morgan fingerprint density at radius 3 is 1.67 bits per heavy atom. The second-order valence-electron chi connectivity index (χ2n) is 0.689. The Balaban J connectivity index is 0. The lowest BCUT2D eigenvalue weighted by molar-refractivity contribution is 0.636. The van der Waals surface area contributed by atoms with Crippen LogP contribution in [0.1, 0.15) is 13.3 Å². The zero-order valence-corrected chi connectivity index (χ0v) is 6.33. The minimum absolute atomic E-state index is 0.500. The molecule has 0 radical (unpaired) electrons. The average molecular weight is 204 g/mol. The lowest BCUT2D eigenvalue weighted by atomic mass is 10.6. The van der Waals surface area contributed by atoms with Crippen LogP contribution in [0.2, 0.25) is 0 Å². The summed E-state index contributed by atoms with van der Waals surface area (Å²) in [4.78, 5) is 0. The first-order valence-corrected chi connectivity index (χ1v) is 3.38. The molecule has 0 rings (SSSR count). The smallest absolute Gasteiger partial charge is 0.0785 e. The predicted molar refractivity (Wildman–Crippen MR) is 36.2 cm³/mol. The van der Waals surface area contributed by atoms with Gasteiger partial charge in [0, 0.05) is 0 Å². The maximum absolute atomic E-state index is 9.50. The summed E-state index contributed by atoms with van der Waals surface area (Å²) in [5, 5.41) is 0. The van der Waals surface area contributed by atoms with Gasteiger partial charge < -0.3 is 0 Å². The fourth-order valence-electron chi connectivity index (χ4n) is 0. The van der Waals surface area contributed by atoms with Crippen molar-refractivity contribution in [3.05, 3.63) is 0 Å². The molecule has 0 aliphatic carbocycles. The quantitative estimate of drug-likeness (QED) is 0.454. The van der Waals surface area contributed by atoms with Gasteiger partial charge in [0.15, 0.2) is 0 Å². The van der Waals surface area contributed by atoms with E-state index in [0.29, 0.717) is 7.18 Å². The van der Waals surface area contributed by atoms with Crippen molar-refractivity contribution in [2.24, 2.45) is 0 Å². The molecular weight excluding hydrogens is 194 g/mol. The maximum Gasteiger partial charge on any atom is 0.0785 e. The topological polar surface area (TPSA) is 0 Å². The Labute approximate surface area is 52.3 Å². The molecule has 0 saturated carbocycles. The summed E-state index contributed by atoms with van der Waals surface area (Å²) in [7, 11) is 0.500. The van der Waals surface area contributed by atoms with Gasteiger partial charge in [0.05, 0.1) is 7.18 Å². The van der Waals surface area contributed by atoms with Crippen molar-refractivity contribution < 1.29 is 4.39 Å². The minimum atomic E-state index is 0.500. The highest BCUT2D eigenvalue weighted by molar-refractivity contribution is 14.1. The molecule has 0 fully saturated rings. The van der Waals surface area contributed by atoms with Crippen LogP contribution in [0.3, 0.4) is 0 Å². The van der Waals surface area contributed by atoms with Crippen molar-refractivity contribution in [3.63, 3.8) is 0 Å². The molecule has 2 heteroatoms. The fraction of sp³-hybridized carbons (Fsp3) is 1.00. The summed E-state index contributed by atoms with van der Waals surface area (Å²) in [6, 6.07) is 0. The van der Waals surface area contributed by atoms with Crippen LogP contribution in [0.5, 0.6) is 0 Å². The standard InChI is InChI=1S/C3H7I.CH3F/c1-2-3-4;1-2/h2-3H2,1H3;1H3. The highest BCUT2D eigenvalue weighted by atomic mass is 127. The van der Waals surface area contributed by atoms with E-state index in [1.165, 1.54) is 10.8 Å². The molecule has 0 aromatic rings. The normalized spacial score (nSPS) is 6.00. The van der Waals surface area contributed by atoms with Gasteiger partial charge in [-0.25, -0.2) is 0 Å². The number of halogens is 2. The minimum Gasteiger partial charge on any atom is -0.255 e. The Hall–Kier alpha value is 0.660. The molecular formula is C4H10FI. The molecule has 0 amide bonds. The van der Waals surface area contributed by atoms with Crippen LogP contribution in [-0.4, -0.2) is 11.6 Å².